The summed E-state index contributed by atoms with van der Waals surface area (Å²) in [6, 6.07) is 13.8. The summed E-state index contributed by atoms with van der Waals surface area (Å²) in [6.45, 7) is 2.17. The van der Waals surface area contributed by atoms with Crippen molar-refractivity contribution in [1.82, 2.24) is 15.2 Å². The summed E-state index contributed by atoms with van der Waals surface area (Å²) in [7, 11) is 1.65. The Morgan fingerprint density at radius 2 is 2.07 bits per heavy atom. The molecule has 0 fully saturated rings. The highest BCUT2D eigenvalue weighted by molar-refractivity contribution is 9.10. The highest BCUT2D eigenvalue weighted by Gasteiger charge is 2.26. The molecule has 29 heavy (non-hydrogen) atoms. The van der Waals surface area contributed by atoms with Gasteiger partial charge in [0.2, 0.25) is 11.0 Å². The maximum atomic E-state index is 6.30. The number of ether oxygens (including phenoxy) is 2. The first-order valence-corrected chi connectivity index (χ1v) is 11.2. The number of aromatic nitrogens is 3. The van der Waals surface area contributed by atoms with Crippen LogP contribution in [0.25, 0.3) is 11.3 Å². The molecule has 0 spiro atoms. The van der Waals surface area contributed by atoms with Gasteiger partial charge in [-0.1, -0.05) is 43.3 Å². The Kier molecular flexibility index (Phi) is 6.20. The molecule has 3 aromatic rings. The van der Waals surface area contributed by atoms with Crippen LogP contribution < -0.4 is 14.8 Å². The van der Waals surface area contributed by atoms with Gasteiger partial charge in [-0.3, -0.25) is 0 Å². The largest absolute Gasteiger partial charge is 0.496 e. The second-order valence-corrected chi connectivity index (χ2v) is 8.45. The smallest absolute Gasteiger partial charge is 0.247 e. The number of para-hydroxylation sites is 1. The van der Waals surface area contributed by atoms with E-state index < -0.39 is 6.23 Å². The van der Waals surface area contributed by atoms with E-state index in [9.17, 15) is 0 Å². The van der Waals surface area contributed by atoms with E-state index >= 15 is 0 Å². The molecule has 150 valence electrons. The third kappa shape index (κ3) is 4.33. The van der Waals surface area contributed by atoms with E-state index in [0.29, 0.717) is 16.7 Å². The third-order valence-corrected chi connectivity index (χ3v) is 6.08. The Morgan fingerprint density at radius 3 is 2.86 bits per heavy atom. The molecule has 0 aliphatic carbocycles. The second-order valence-electron chi connectivity index (χ2n) is 6.53. The highest BCUT2D eigenvalue weighted by Crippen LogP contribution is 2.40. The number of unbranched alkanes of at least 4 members (excludes halogenated alkanes) is 1. The predicted octanol–water partition coefficient (Wildman–Crippen LogP) is 5.71. The number of anilines is 1. The third-order valence-electron chi connectivity index (χ3n) is 4.54. The maximum absolute atomic E-state index is 6.30. The van der Waals surface area contributed by atoms with Crippen LogP contribution in [-0.4, -0.2) is 28.0 Å². The summed E-state index contributed by atoms with van der Waals surface area (Å²) in [5.74, 6) is 2.20. The van der Waals surface area contributed by atoms with Crippen molar-refractivity contribution in [3.05, 3.63) is 52.5 Å². The van der Waals surface area contributed by atoms with Crippen LogP contribution in [-0.2, 0) is 0 Å². The number of fused-ring (bicyclic) bond motifs is 3. The molecular formula is C21H21BrN4O2S. The molecule has 0 bridgehead atoms. The fourth-order valence-corrected chi connectivity index (χ4v) is 4.43. The van der Waals surface area contributed by atoms with Gasteiger partial charge in [0, 0.05) is 22.6 Å². The first-order valence-electron chi connectivity index (χ1n) is 9.43. The number of rotatable bonds is 6. The number of halogens is 1. The van der Waals surface area contributed by atoms with E-state index in [1.165, 1.54) is 0 Å². The van der Waals surface area contributed by atoms with Crippen molar-refractivity contribution in [3.63, 3.8) is 0 Å². The molecule has 2 heterocycles. The van der Waals surface area contributed by atoms with Crippen LogP contribution in [0.3, 0.4) is 0 Å². The summed E-state index contributed by atoms with van der Waals surface area (Å²) in [5, 5.41) is 12.8. The van der Waals surface area contributed by atoms with Crippen molar-refractivity contribution in [2.75, 3.05) is 18.2 Å². The van der Waals surface area contributed by atoms with Gasteiger partial charge in [0.1, 0.15) is 5.75 Å². The van der Waals surface area contributed by atoms with Crippen molar-refractivity contribution in [1.29, 1.82) is 0 Å². The minimum absolute atomic E-state index is 0.426. The van der Waals surface area contributed by atoms with Crippen molar-refractivity contribution in [2.24, 2.45) is 0 Å². The molecule has 0 amide bonds. The molecule has 1 aliphatic heterocycles. The lowest BCUT2D eigenvalue weighted by Crippen LogP contribution is -2.17. The number of nitrogens with one attached hydrogen (secondary N) is 1. The van der Waals surface area contributed by atoms with Gasteiger partial charge in [0.05, 0.1) is 11.6 Å². The van der Waals surface area contributed by atoms with Gasteiger partial charge in [-0.15, -0.1) is 10.2 Å². The average molecular weight is 473 g/mol. The second kappa shape index (κ2) is 9.00. The van der Waals surface area contributed by atoms with E-state index in [4.69, 9.17) is 9.47 Å². The van der Waals surface area contributed by atoms with Crippen molar-refractivity contribution in [2.45, 2.75) is 31.1 Å². The zero-order valence-electron chi connectivity index (χ0n) is 16.2. The zero-order valence-corrected chi connectivity index (χ0v) is 18.6. The predicted molar refractivity (Wildman–Crippen MR) is 119 cm³/mol. The van der Waals surface area contributed by atoms with Crippen LogP contribution in [0, 0.1) is 0 Å². The van der Waals surface area contributed by atoms with E-state index in [1.54, 1.807) is 18.9 Å². The van der Waals surface area contributed by atoms with Gasteiger partial charge in [0.25, 0.3) is 0 Å². The lowest BCUT2D eigenvalue weighted by atomic mass is 10.1. The lowest BCUT2D eigenvalue weighted by molar-refractivity contribution is 0.225. The van der Waals surface area contributed by atoms with E-state index in [0.717, 1.165) is 45.6 Å². The first-order chi connectivity index (χ1) is 14.2. The summed E-state index contributed by atoms with van der Waals surface area (Å²) in [4.78, 5) is 4.67. The Morgan fingerprint density at radius 1 is 1.21 bits per heavy atom. The SMILES string of the molecule is CCCCSc1nnc2c(n1)O[C@H](c1ccc(OC)c(Br)c1)Nc1ccccc1-2. The van der Waals surface area contributed by atoms with Crippen LogP contribution in [0.1, 0.15) is 31.6 Å². The molecular weight excluding hydrogens is 452 g/mol. The standard InChI is InChI=1S/C21H21BrN4O2S/c1-3-4-11-29-21-24-20-18(25-26-21)14-7-5-6-8-16(14)23-19(28-20)13-9-10-17(27-2)15(22)12-13/h5-10,12,19,23H,3-4,11H2,1-2H3/t19-/m1/s1. The summed E-state index contributed by atoms with van der Waals surface area (Å²) < 4.78 is 12.5. The van der Waals surface area contributed by atoms with Gasteiger partial charge in [-0.05, 0) is 46.6 Å². The Bertz CT molecular complexity index is 1020. The summed E-state index contributed by atoms with van der Waals surface area (Å²) in [6.07, 6.45) is 1.82. The molecule has 0 saturated heterocycles. The maximum Gasteiger partial charge on any atom is 0.247 e. The van der Waals surface area contributed by atoms with Crippen molar-refractivity contribution < 1.29 is 9.47 Å². The molecule has 4 rings (SSSR count). The normalized spacial score (nSPS) is 14.8. The van der Waals surface area contributed by atoms with Crippen LogP contribution in [0.5, 0.6) is 11.6 Å². The van der Waals surface area contributed by atoms with Crippen molar-refractivity contribution in [3.8, 4) is 22.9 Å². The molecule has 1 aromatic heterocycles. The molecule has 8 heteroatoms. The highest BCUT2D eigenvalue weighted by atomic mass is 79.9. The number of hydrogen-bond donors (Lipinski definition) is 1. The van der Waals surface area contributed by atoms with Crippen LogP contribution in [0.4, 0.5) is 5.69 Å². The monoisotopic (exact) mass is 472 g/mol. The number of thioether (sulfide) groups is 1. The average Bonchev–Trinajstić information content (AvgIpc) is 2.90. The van der Waals surface area contributed by atoms with Gasteiger partial charge >= 0.3 is 0 Å². The van der Waals surface area contributed by atoms with Crippen LogP contribution in [0.15, 0.2) is 52.1 Å². The minimum Gasteiger partial charge on any atom is -0.496 e. The molecule has 6 nitrogen and oxygen atoms in total. The Labute approximate surface area is 182 Å². The fraction of sp³-hybridized carbons (Fsp3) is 0.286. The van der Waals surface area contributed by atoms with Crippen molar-refractivity contribution >= 4 is 33.4 Å². The zero-order chi connectivity index (χ0) is 20.2. The number of hydrogen-bond acceptors (Lipinski definition) is 7. The Balaban J connectivity index is 1.73. The van der Waals surface area contributed by atoms with Gasteiger partial charge in [-0.2, -0.15) is 4.98 Å². The molecule has 1 N–H and O–H groups in total. The van der Waals surface area contributed by atoms with Crippen LogP contribution in [0.2, 0.25) is 0 Å². The van der Waals surface area contributed by atoms with E-state index in [1.807, 2.05) is 42.5 Å². The molecule has 0 unspecified atom stereocenters. The number of nitrogens with zero attached hydrogens (tertiary/aromatic N) is 3. The minimum atomic E-state index is -0.426. The lowest BCUT2D eigenvalue weighted by Gasteiger charge is -2.20. The topological polar surface area (TPSA) is 69.2 Å². The summed E-state index contributed by atoms with van der Waals surface area (Å²) >= 11 is 5.16. The summed E-state index contributed by atoms with van der Waals surface area (Å²) in [5.41, 5.74) is 3.43. The first kappa shape index (κ1) is 20.0. The molecule has 2 aromatic carbocycles. The molecule has 0 saturated carbocycles. The van der Waals surface area contributed by atoms with Gasteiger partial charge in [0.15, 0.2) is 11.9 Å². The van der Waals surface area contributed by atoms with Gasteiger partial charge in [-0.25, -0.2) is 0 Å². The molecule has 0 radical (unpaired) electrons. The molecule has 1 atom stereocenters. The van der Waals surface area contributed by atoms with E-state index in [2.05, 4.69) is 43.4 Å². The number of methoxy groups -OCH3 is 1. The van der Waals surface area contributed by atoms with E-state index in [-0.39, 0.29) is 0 Å². The fourth-order valence-electron chi connectivity index (χ4n) is 3.01. The van der Waals surface area contributed by atoms with Gasteiger partial charge < -0.3 is 14.8 Å². The van der Waals surface area contributed by atoms with Crippen LogP contribution >= 0.6 is 27.7 Å². The quantitative estimate of drug-likeness (QED) is 0.364. The molecule has 1 aliphatic rings. The Hall–Kier alpha value is -2.32. The number of benzene rings is 2.